The molecule has 2 heteroatoms. The normalized spacial score (nSPS) is 9.71. The quantitative estimate of drug-likeness (QED) is 0.726. The van der Waals surface area contributed by atoms with Crippen molar-refractivity contribution in [2.24, 2.45) is 0 Å². The second kappa shape index (κ2) is 7.13. The van der Waals surface area contributed by atoms with Crippen LogP contribution in [0.1, 0.15) is 38.4 Å². The van der Waals surface area contributed by atoms with Gasteiger partial charge in [-0.15, -0.1) is 0 Å². The predicted octanol–water partition coefficient (Wildman–Crippen LogP) is 3.72. The molecule has 0 amide bonds. The molecule has 0 unspecified atom stereocenters. The number of aromatic nitrogens is 2. The lowest BCUT2D eigenvalue weighted by atomic mass is 10.2. The van der Waals surface area contributed by atoms with Gasteiger partial charge < -0.3 is 0 Å². The molecular weight excluding hydrogens is 172 g/mol. The molecule has 1 rings (SSSR count). The molecule has 0 spiro atoms. The van der Waals surface area contributed by atoms with Crippen LogP contribution in [0.2, 0.25) is 0 Å². The van der Waals surface area contributed by atoms with Gasteiger partial charge in [0.15, 0.2) is 0 Å². The molecule has 0 aliphatic rings. The Labute approximate surface area is 86.7 Å². The molecule has 78 valence electrons. The van der Waals surface area contributed by atoms with E-state index < -0.39 is 0 Å². The SMILES string of the molecule is C=C(/C=C\c1cn[nH]c1C)CC.CC. The van der Waals surface area contributed by atoms with E-state index in [2.05, 4.69) is 23.7 Å². The molecule has 0 saturated heterocycles. The van der Waals surface area contributed by atoms with Gasteiger partial charge in [-0.1, -0.05) is 45.1 Å². The average Bonchev–Trinajstić information content (AvgIpc) is 2.63. The van der Waals surface area contributed by atoms with Crippen LogP contribution in [-0.2, 0) is 0 Å². The van der Waals surface area contributed by atoms with Crippen molar-refractivity contribution in [2.75, 3.05) is 0 Å². The van der Waals surface area contributed by atoms with E-state index in [-0.39, 0.29) is 0 Å². The number of aromatic amines is 1. The summed E-state index contributed by atoms with van der Waals surface area (Å²) in [5.74, 6) is 0. The molecule has 1 aromatic rings. The van der Waals surface area contributed by atoms with Gasteiger partial charge in [-0.05, 0) is 13.3 Å². The zero-order chi connectivity index (χ0) is 11.0. The first-order valence-electron chi connectivity index (χ1n) is 5.10. The Bertz CT molecular complexity index is 295. The Morgan fingerprint density at radius 2 is 2.21 bits per heavy atom. The van der Waals surface area contributed by atoms with Crippen LogP contribution in [0, 0.1) is 6.92 Å². The number of hydrogen-bond acceptors (Lipinski definition) is 1. The van der Waals surface area contributed by atoms with Crippen molar-refractivity contribution in [2.45, 2.75) is 34.1 Å². The summed E-state index contributed by atoms with van der Waals surface area (Å²) in [4.78, 5) is 0. The second-order valence-electron chi connectivity index (χ2n) is 2.80. The summed E-state index contributed by atoms with van der Waals surface area (Å²) in [6.45, 7) is 12.0. The van der Waals surface area contributed by atoms with Crippen LogP contribution in [-0.4, -0.2) is 10.2 Å². The summed E-state index contributed by atoms with van der Waals surface area (Å²) in [7, 11) is 0. The van der Waals surface area contributed by atoms with E-state index in [1.807, 2.05) is 39.1 Å². The second-order valence-corrected chi connectivity index (χ2v) is 2.80. The van der Waals surface area contributed by atoms with Gasteiger partial charge in [0.1, 0.15) is 0 Å². The zero-order valence-corrected chi connectivity index (χ0v) is 9.59. The van der Waals surface area contributed by atoms with Gasteiger partial charge in [-0.3, -0.25) is 5.10 Å². The summed E-state index contributed by atoms with van der Waals surface area (Å²) < 4.78 is 0. The average molecular weight is 192 g/mol. The van der Waals surface area contributed by atoms with Crippen molar-refractivity contribution in [3.8, 4) is 0 Å². The Hall–Kier alpha value is -1.31. The molecular formula is C12H20N2. The van der Waals surface area contributed by atoms with Crippen LogP contribution in [0.15, 0.2) is 24.4 Å². The lowest BCUT2D eigenvalue weighted by Gasteiger charge is -1.91. The summed E-state index contributed by atoms with van der Waals surface area (Å²) >= 11 is 0. The number of nitrogens with zero attached hydrogens (tertiary/aromatic N) is 1. The van der Waals surface area contributed by atoms with Crippen LogP contribution in [0.3, 0.4) is 0 Å². The maximum Gasteiger partial charge on any atom is 0.0562 e. The first-order valence-corrected chi connectivity index (χ1v) is 5.10. The molecule has 0 aliphatic carbocycles. The van der Waals surface area contributed by atoms with Crippen LogP contribution in [0.5, 0.6) is 0 Å². The molecule has 0 atom stereocenters. The lowest BCUT2D eigenvalue weighted by molar-refractivity contribution is 1.05. The van der Waals surface area contributed by atoms with Crippen molar-refractivity contribution in [3.05, 3.63) is 35.7 Å². The van der Waals surface area contributed by atoms with Crippen LogP contribution >= 0.6 is 0 Å². The minimum Gasteiger partial charge on any atom is -0.282 e. The van der Waals surface area contributed by atoms with Crippen molar-refractivity contribution in [3.63, 3.8) is 0 Å². The standard InChI is InChI=1S/C10H14N2.C2H6/c1-4-8(2)5-6-10-7-11-12-9(10)3;1-2/h5-7H,2,4H2,1,3H3,(H,11,12);1-2H3/b6-5-;. The first-order chi connectivity index (χ1) is 6.74. The van der Waals surface area contributed by atoms with Gasteiger partial charge in [0.05, 0.1) is 6.20 Å². The van der Waals surface area contributed by atoms with Crippen molar-refractivity contribution < 1.29 is 0 Å². The molecule has 0 fully saturated rings. The highest BCUT2D eigenvalue weighted by atomic mass is 15.1. The predicted molar refractivity (Wildman–Crippen MR) is 63.1 cm³/mol. The Morgan fingerprint density at radius 3 is 2.64 bits per heavy atom. The largest absolute Gasteiger partial charge is 0.282 e. The first kappa shape index (κ1) is 12.7. The van der Waals surface area contributed by atoms with Crippen molar-refractivity contribution in [1.29, 1.82) is 0 Å². The van der Waals surface area contributed by atoms with Gasteiger partial charge in [-0.25, -0.2) is 0 Å². The molecule has 0 bridgehead atoms. The molecule has 1 heterocycles. The number of rotatable bonds is 3. The van der Waals surface area contributed by atoms with Crippen LogP contribution in [0.25, 0.3) is 6.08 Å². The number of allylic oxidation sites excluding steroid dienone is 2. The number of aryl methyl sites for hydroxylation is 1. The maximum atomic E-state index is 3.92. The Kier molecular flexibility index (Phi) is 6.46. The molecule has 0 aromatic carbocycles. The van der Waals surface area contributed by atoms with Gasteiger partial charge in [-0.2, -0.15) is 5.10 Å². The van der Waals surface area contributed by atoms with Crippen molar-refractivity contribution >= 4 is 6.08 Å². The van der Waals surface area contributed by atoms with E-state index in [4.69, 9.17) is 0 Å². The number of H-pyrrole nitrogens is 1. The molecule has 14 heavy (non-hydrogen) atoms. The Morgan fingerprint density at radius 1 is 1.57 bits per heavy atom. The fourth-order valence-electron chi connectivity index (χ4n) is 0.854. The highest BCUT2D eigenvalue weighted by Crippen LogP contribution is 2.07. The van der Waals surface area contributed by atoms with Gasteiger partial charge in [0, 0.05) is 11.3 Å². The van der Waals surface area contributed by atoms with Crippen LogP contribution < -0.4 is 0 Å². The third-order valence-corrected chi connectivity index (χ3v) is 1.82. The smallest absolute Gasteiger partial charge is 0.0562 e. The highest BCUT2D eigenvalue weighted by Gasteiger charge is 1.93. The topological polar surface area (TPSA) is 28.7 Å². The molecule has 0 aliphatic heterocycles. The summed E-state index contributed by atoms with van der Waals surface area (Å²) in [5, 5.41) is 6.80. The van der Waals surface area contributed by atoms with Crippen molar-refractivity contribution in [1.82, 2.24) is 10.2 Å². The lowest BCUT2D eigenvalue weighted by Crippen LogP contribution is -1.74. The molecule has 0 radical (unpaired) electrons. The molecule has 1 N–H and O–H groups in total. The summed E-state index contributed by atoms with van der Waals surface area (Å²) in [6, 6.07) is 0. The highest BCUT2D eigenvalue weighted by molar-refractivity contribution is 5.53. The fraction of sp³-hybridized carbons (Fsp3) is 0.417. The van der Waals surface area contributed by atoms with E-state index in [1.165, 1.54) is 0 Å². The fourth-order valence-corrected chi connectivity index (χ4v) is 0.854. The van der Waals surface area contributed by atoms with E-state index in [1.54, 1.807) is 0 Å². The Balaban J connectivity index is 0.000000791. The van der Waals surface area contributed by atoms with E-state index in [0.717, 1.165) is 23.3 Å². The summed E-state index contributed by atoms with van der Waals surface area (Å²) in [5.41, 5.74) is 3.36. The van der Waals surface area contributed by atoms with Crippen LogP contribution in [0.4, 0.5) is 0 Å². The zero-order valence-electron chi connectivity index (χ0n) is 9.59. The third kappa shape index (κ3) is 4.08. The van der Waals surface area contributed by atoms with Gasteiger partial charge in [0.25, 0.3) is 0 Å². The van der Waals surface area contributed by atoms with Gasteiger partial charge in [0.2, 0.25) is 0 Å². The number of nitrogens with one attached hydrogen (secondary N) is 1. The van der Waals surface area contributed by atoms with E-state index in [9.17, 15) is 0 Å². The monoisotopic (exact) mass is 192 g/mol. The third-order valence-electron chi connectivity index (χ3n) is 1.82. The molecule has 2 nitrogen and oxygen atoms in total. The van der Waals surface area contributed by atoms with E-state index >= 15 is 0 Å². The summed E-state index contributed by atoms with van der Waals surface area (Å²) in [6.07, 6.45) is 6.87. The van der Waals surface area contributed by atoms with Gasteiger partial charge >= 0.3 is 0 Å². The maximum absolute atomic E-state index is 3.92. The van der Waals surface area contributed by atoms with E-state index in [0.29, 0.717) is 0 Å². The number of hydrogen-bond donors (Lipinski definition) is 1. The minimum atomic E-state index is 0.993. The minimum absolute atomic E-state index is 0.993. The molecule has 1 aromatic heterocycles. The molecule has 0 saturated carbocycles.